The molecule has 2 saturated carbocycles. The Morgan fingerprint density at radius 3 is 2.29 bits per heavy atom. The van der Waals surface area contributed by atoms with Gasteiger partial charge in [-0.1, -0.05) is 19.3 Å². The average Bonchev–Trinajstić information content (AvgIpc) is 2.73. The fourth-order valence-corrected chi connectivity index (χ4v) is 3.32. The standard InChI is InChI=1S/C14H25NO2/c1-2-12(3-1)6-9-15-13-4-7-14(8-5-13)16-10-11-17-14/h12-13,15H,1-11H2. The fraction of sp³-hybridized carbons (Fsp3) is 1.00. The van der Waals surface area contributed by atoms with Gasteiger partial charge in [-0.2, -0.15) is 0 Å². The molecule has 0 aromatic carbocycles. The van der Waals surface area contributed by atoms with E-state index in [4.69, 9.17) is 9.47 Å². The van der Waals surface area contributed by atoms with Crippen LogP contribution < -0.4 is 5.32 Å². The maximum absolute atomic E-state index is 5.75. The van der Waals surface area contributed by atoms with Gasteiger partial charge in [-0.05, 0) is 31.7 Å². The lowest BCUT2D eigenvalue weighted by atomic mass is 9.83. The van der Waals surface area contributed by atoms with Crippen molar-refractivity contribution in [2.24, 2.45) is 5.92 Å². The molecule has 3 heteroatoms. The molecule has 17 heavy (non-hydrogen) atoms. The van der Waals surface area contributed by atoms with Crippen molar-refractivity contribution in [2.45, 2.75) is 63.2 Å². The first-order chi connectivity index (χ1) is 8.36. The molecule has 0 aromatic heterocycles. The van der Waals surface area contributed by atoms with Crippen molar-refractivity contribution in [1.29, 1.82) is 0 Å². The molecular formula is C14H25NO2. The summed E-state index contributed by atoms with van der Waals surface area (Å²) in [4.78, 5) is 0. The van der Waals surface area contributed by atoms with E-state index in [9.17, 15) is 0 Å². The molecule has 3 nitrogen and oxygen atoms in total. The van der Waals surface area contributed by atoms with Crippen LogP contribution in [0.2, 0.25) is 0 Å². The van der Waals surface area contributed by atoms with Crippen molar-refractivity contribution >= 4 is 0 Å². The molecule has 1 heterocycles. The molecule has 98 valence electrons. The maximum atomic E-state index is 5.75. The van der Waals surface area contributed by atoms with Crippen LogP contribution in [0.3, 0.4) is 0 Å². The van der Waals surface area contributed by atoms with E-state index in [0.717, 1.165) is 32.0 Å². The summed E-state index contributed by atoms with van der Waals surface area (Å²) in [5.74, 6) is 0.838. The van der Waals surface area contributed by atoms with Gasteiger partial charge in [0, 0.05) is 18.9 Å². The van der Waals surface area contributed by atoms with Crippen LogP contribution in [0, 0.1) is 5.92 Å². The van der Waals surface area contributed by atoms with Crippen molar-refractivity contribution in [1.82, 2.24) is 5.32 Å². The van der Waals surface area contributed by atoms with E-state index in [1.54, 1.807) is 0 Å². The summed E-state index contributed by atoms with van der Waals surface area (Å²) in [5, 5.41) is 3.72. The third-order valence-corrected chi connectivity index (χ3v) is 4.77. The Balaban J connectivity index is 1.33. The second kappa shape index (κ2) is 5.25. The quantitative estimate of drug-likeness (QED) is 0.817. The molecule has 0 atom stereocenters. The number of hydrogen-bond acceptors (Lipinski definition) is 3. The monoisotopic (exact) mass is 239 g/mol. The number of nitrogens with one attached hydrogen (secondary N) is 1. The predicted octanol–water partition coefficient (Wildman–Crippen LogP) is 2.45. The Hall–Kier alpha value is -0.120. The molecule has 0 aromatic rings. The van der Waals surface area contributed by atoms with Crippen molar-refractivity contribution in [2.75, 3.05) is 19.8 Å². The maximum Gasteiger partial charge on any atom is 0.168 e. The van der Waals surface area contributed by atoms with E-state index in [1.165, 1.54) is 45.1 Å². The van der Waals surface area contributed by atoms with Crippen LogP contribution in [0.4, 0.5) is 0 Å². The Morgan fingerprint density at radius 1 is 1.00 bits per heavy atom. The highest BCUT2D eigenvalue weighted by Crippen LogP contribution is 2.35. The van der Waals surface area contributed by atoms with E-state index < -0.39 is 0 Å². The van der Waals surface area contributed by atoms with Gasteiger partial charge in [0.25, 0.3) is 0 Å². The van der Waals surface area contributed by atoms with Gasteiger partial charge in [-0.15, -0.1) is 0 Å². The molecular weight excluding hydrogens is 214 g/mol. The topological polar surface area (TPSA) is 30.5 Å². The molecule has 1 N–H and O–H groups in total. The zero-order valence-corrected chi connectivity index (χ0v) is 10.7. The molecule has 0 amide bonds. The summed E-state index contributed by atoms with van der Waals surface area (Å²) in [6.07, 6.45) is 10.4. The Labute approximate surface area is 104 Å². The van der Waals surface area contributed by atoms with E-state index in [-0.39, 0.29) is 5.79 Å². The van der Waals surface area contributed by atoms with E-state index >= 15 is 0 Å². The highest BCUT2D eigenvalue weighted by atomic mass is 16.7. The summed E-state index contributed by atoms with van der Waals surface area (Å²) in [5.41, 5.74) is 0. The summed E-state index contributed by atoms with van der Waals surface area (Å²) in [7, 11) is 0. The Bertz CT molecular complexity index is 237. The first-order valence-corrected chi connectivity index (χ1v) is 7.38. The lowest BCUT2D eigenvalue weighted by Crippen LogP contribution is -2.42. The smallest absolute Gasteiger partial charge is 0.168 e. The first kappa shape index (κ1) is 11.9. The van der Waals surface area contributed by atoms with E-state index in [0.29, 0.717) is 6.04 Å². The largest absolute Gasteiger partial charge is 0.348 e. The predicted molar refractivity (Wildman–Crippen MR) is 66.9 cm³/mol. The summed E-state index contributed by atoms with van der Waals surface area (Å²) in [6.45, 7) is 2.80. The molecule has 1 spiro atoms. The van der Waals surface area contributed by atoms with Gasteiger partial charge < -0.3 is 14.8 Å². The second-order valence-corrected chi connectivity index (χ2v) is 5.92. The minimum absolute atomic E-state index is 0.188. The van der Waals surface area contributed by atoms with Gasteiger partial charge in [-0.25, -0.2) is 0 Å². The molecule has 0 bridgehead atoms. The first-order valence-electron chi connectivity index (χ1n) is 7.38. The van der Waals surface area contributed by atoms with Crippen LogP contribution in [0.5, 0.6) is 0 Å². The zero-order valence-electron chi connectivity index (χ0n) is 10.7. The van der Waals surface area contributed by atoms with Crippen molar-refractivity contribution in [3.05, 3.63) is 0 Å². The van der Waals surface area contributed by atoms with Crippen molar-refractivity contribution < 1.29 is 9.47 Å². The SMILES string of the molecule is C1CC(CCNC2CCC3(CC2)OCCO3)C1. The van der Waals surface area contributed by atoms with Crippen LogP contribution in [0.15, 0.2) is 0 Å². The summed E-state index contributed by atoms with van der Waals surface area (Å²) in [6, 6.07) is 0.702. The fourth-order valence-electron chi connectivity index (χ4n) is 3.32. The second-order valence-electron chi connectivity index (χ2n) is 5.92. The van der Waals surface area contributed by atoms with E-state index in [2.05, 4.69) is 5.32 Å². The Morgan fingerprint density at radius 2 is 1.71 bits per heavy atom. The molecule has 3 aliphatic rings. The minimum Gasteiger partial charge on any atom is -0.348 e. The third-order valence-electron chi connectivity index (χ3n) is 4.77. The van der Waals surface area contributed by atoms with Gasteiger partial charge >= 0.3 is 0 Å². The van der Waals surface area contributed by atoms with Gasteiger partial charge in [0.1, 0.15) is 0 Å². The van der Waals surface area contributed by atoms with Crippen LogP contribution in [-0.2, 0) is 9.47 Å². The zero-order chi connectivity index (χ0) is 11.6. The van der Waals surface area contributed by atoms with Crippen LogP contribution >= 0.6 is 0 Å². The van der Waals surface area contributed by atoms with Crippen LogP contribution in [0.1, 0.15) is 51.4 Å². The lowest BCUT2D eigenvalue weighted by molar-refractivity contribution is -0.179. The van der Waals surface area contributed by atoms with Gasteiger partial charge in [-0.3, -0.25) is 0 Å². The van der Waals surface area contributed by atoms with Crippen molar-refractivity contribution in [3.63, 3.8) is 0 Å². The van der Waals surface area contributed by atoms with Gasteiger partial charge in [0.2, 0.25) is 0 Å². The van der Waals surface area contributed by atoms with Crippen LogP contribution in [0.25, 0.3) is 0 Å². The molecule has 3 rings (SSSR count). The summed E-state index contributed by atoms with van der Waals surface area (Å²) >= 11 is 0. The normalized spacial score (nSPS) is 29.6. The molecule has 0 radical (unpaired) electrons. The minimum atomic E-state index is -0.188. The molecule has 1 aliphatic heterocycles. The highest BCUT2D eigenvalue weighted by Gasteiger charge is 2.40. The number of ether oxygens (including phenoxy) is 2. The van der Waals surface area contributed by atoms with Gasteiger partial charge in [0.15, 0.2) is 5.79 Å². The lowest BCUT2D eigenvalue weighted by Gasteiger charge is -2.36. The molecule has 3 fully saturated rings. The van der Waals surface area contributed by atoms with Gasteiger partial charge in [0.05, 0.1) is 13.2 Å². The summed E-state index contributed by atoms with van der Waals surface area (Å²) < 4.78 is 11.5. The van der Waals surface area contributed by atoms with Crippen molar-refractivity contribution in [3.8, 4) is 0 Å². The molecule has 0 unspecified atom stereocenters. The molecule has 2 aliphatic carbocycles. The third kappa shape index (κ3) is 2.83. The number of rotatable bonds is 4. The molecule has 1 saturated heterocycles. The van der Waals surface area contributed by atoms with E-state index in [1.807, 2.05) is 0 Å². The Kier molecular flexibility index (Phi) is 3.69. The average molecular weight is 239 g/mol. The van der Waals surface area contributed by atoms with Crippen LogP contribution in [-0.4, -0.2) is 31.6 Å². The number of hydrogen-bond donors (Lipinski definition) is 1. The highest BCUT2D eigenvalue weighted by molar-refractivity contribution is 4.85.